The zero-order chi connectivity index (χ0) is 22.7. The van der Waals surface area contributed by atoms with Gasteiger partial charge in [0.15, 0.2) is 0 Å². The van der Waals surface area contributed by atoms with E-state index in [1.54, 1.807) is 7.11 Å². The molecule has 0 aliphatic heterocycles. The molecule has 6 rings (SSSR count). The Balaban J connectivity index is 1.71. The number of nitrogens with zero attached hydrogens (tertiary/aromatic N) is 4. The van der Waals surface area contributed by atoms with Gasteiger partial charge in [-0.2, -0.15) is 0 Å². The summed E-state index contributed by atoms with van der Waals surface area (Å²) in [6.45, 7) is 5.74. The molecule has 0 radical (unpaired) electrons. The Kier molecular flexibility index (Phi) is 4.20. The molecule has 4 aromatic heterocycles. The van der Waals surface area contributed by atoms with Crippen molar-refractivity contribution in [2.45, 2.75) is 20.8 Å². The van der Waals surface area contributed by atoms with E-state index in [-0.39, 0.29) is 0 Å². The second-order valence-electron chi connectivity index (χ2n) is 8.15. The fourth-order valence-corrected chi connectivity index (χ4v) is 4.66. The molecule has 0 amide bonds. The van der Waals surface area contributed by atoms with Crippen molar-refractivity contribution in [2.24, 2.45) is 0 Å². The molecule has 0 saturated heterocycles. The predicted octanol–water partition coefficient (Wildman–Crippen LogP) is 5.92. The molecule has 0 spiro atoms. The minimum atomic E-state index is 0.690. The number of aromatic nitrogens is 5. The highest BCUT2D eigenvalue weighted by molar-refractivity contribution is 6.15. The zero-order valence-electron chi connectivity index (χ0n) is 18.7. The maximum absolute atomic E-state index is 5.81. The van der Waals surface area contributed by atoms with Crippen molar-refractivity contribution in [1.82, 2.24) is 25.1 Å². The normalized spacial score (nSPS) is 11.6. The maximum atomic E-state index is 5.81. The first-order valence-corrected chi connectivity index (χ1v) is 10.7. The highest BCUT2D eigenvalue weighted by atomic mass is 16.5. The number of fused-ring (bicyclic) bond motifs is 4. The Bertz CT molecular complexity index is 1670. The molecule has 33 heavy (non-hydrogen) atoms. The van der Waals surface area contributed by atoms with Crippen LogP contribution in [0.15, 0.2) is 53.2 Å². The number of para-hydroxylation sites is 1. The molecule has 6 aromatic rings. The van der Waals surface area contributed by atoms with Crippen molar-refractivity contribution in [1.29, 1.82) is 0 Å². The summed E-state index contributed by atoms with van der Waals surface area (Å²) in [4.78, 5) is 17.7. The molecule has 0 atom stereocenters. The number of aryl methyl sites for hydroxylation is 3. The van der Waals surface area contributed by atoms with E-state index in [0.717, 1.165) is 72.4 Å². The molecule has 2 aromatic carbocycles. The number of aromatic amines is 1. The topological polar surface area (TPSA) is 89.7 Å². The third-order valence-electron chi connectivity index (χ3n) is 6.07. The smallest absolute Gasteiger partial charge is 0.142 e. The number of H-pyrrole nitrogens is 1. The van der Waals surface area contributed by atoms with E-state index in [2.05, 4.69) is 39.4 Å². The molecule has 4 heterocycles. The molecule has 0 unspecified atom stereocenters. The first kappa shape index (κ1) is 19.4. The standard InChI is InChI=1S/C26H21N5O2/c1-13-22(14(2)33-31-13)19-11-20-18(12-21(19)32-4)23-25(28-15(3)29-26(23)30-20)17-9-5-7-16-8-6-10-27-24(16)17/h5-12H,1-4H3,(H,28,29,30). The van der Waals surface area contributed by atoms with Gasteiger partial charge in [-0.1, -0.05) is 29.4 Å². The molecule has 0 aliphatic rings. The molecule has 0 saturated carbocycles. The average Bonchev–Trinajstić information content (AvgIpc) is 3.35. The van der Waals surface area contributed by atoms with E-state index >= 15 is 0 Å². The van der Waals surface area contributed by atoms with Crippen molar-refractivity contribution in [3.8, 4) is 28.1 Å². The van der Waals surface area contributed by atoms with Gasteiger partial charge in [-0.15, -0.1) is 0 Å². The summed E-state index contributed by atoms with van der Waals surface area (Å²) in [5.41, 5.74) is 7.12. The predicted molar refractivity (Wildman–Crippen MR) is 128 cm³/mol. The number of methoxy groups -OCH3 is 1. The molecule has 0 bridgehead atoms. The van der Waals surface area contributed by atoms with Crippen molar-refractivity contribution < 1.29 is 9.26 Å². The number of hydrogen-bond donors (Lipinski definition) is 1. The maximum Gasteiger partial charge on any atom is 0.142 e. The Morgan fingerprint density at radius 2 is 1.82 bits per heavy atom. The number of hydrogen-bond acceptors (Lipinski definition) is 6. The summed E-state index contributed by atoms with van der Waals surface area (Å²) in [5, 5.41) is 7.11. The lowest BCUT2D eigenvalue weighted by Crippen LogP contribution is -1.94. The van der Waals surface area contributed by atoms with Crippen LogP contribution >= 0.6 is 0 Å². The third-order valence-corrected chi connectivity index (χ3v) is 6.07. The number of nitrogens with one attached hydrogen (secondary N) is 1. The first-order chi connectivity index (χ1) is 16.0. The van der Waals surface area contributed by atoms with E-state index < -0.39 is 0 Å². The van der Waals surface area contributed by atoms with Crippen LogP contribution in [0.25, 0.3) is 55.2 Å². The van der Waals surface area contributed by atoms with Gasteiger partial charge in [0.1, 0.15) is 23.0 Å². The molecule has 7 nitrogen and oxygen atoms in total. The number of pyridine rings is 1. The van der Waals surface area contributed by atoms with Crippen molar-refractivity contribution in [2.75, 3.05) is 7.11 Å². The van der Waals surface area contributed by atoms with Crippen LogP contribution in [0.1, 0.15) is 17.3 Å². The molecular formula is C26H21N5O2. The zero-order valence-corrected chi connectivity index (χ0v) is 18.7. The number of benzene rings is 2. The van der Waals surface area contributed by atoms with E-state index in [0.29, 0.717) is 5.82 Å². The van der Waals surface area contributed by atoms with Crippen LogP contribution in [-0.4, -0.2) is 32.2 Å². The summed E-state index contributed by atoms with van der Waals surface area (Å²) in [5.74, 6) is 2.18. The lowest BCUT2D eigenvalue weighted by atomic mass is 9.99. The quantitative estimate of drug-likeness (QED) is 0.371. The first-order valence-electron chi connectivity index (χ1n) is 10.7. The fraction of sp³-hybridized carbons (Fsp3) is 0.154. The summed E-state index contributed by atoms with van der Waals surface area (Å²) >= 11 is 0. The molecule has 0 aliphatic carbocycles. The van der Waals surface area contributed by atoms with Gasteiger partial charge >= 0.3 is 0 Å². The van der Waals surface area contributed by atoms with Crippen LogP contribution < -0.4 is 4.74 Å². The van der Waals surface area contributed by atoms with Crippen molar-refractivity contribution in [3.63, 3.8) is 0 Å². The van der Waals surface area contributed by atoms with Crippen LogP contribution in [0.4, 0.5) is 0 Å². The van der Waals surface area contributed by atoms with Crippen molar-refractivity contribution in [3.05, 3.63) is 65.9 Å². The van der Waals surface area contributed by atoms with Crippen LogP contribution in [0.5, 0.6) is 5.75 Å². The number of rotatable bonds is 3. The average molecular weight is 435 g/mol. The summed E-state index contributed by atoms with van der Waals surface area (Å²) in [6, 6.07) is 14.3. The molecule has 0 fully saturated rings. The fourth-order valence-electron chi connectivity index (χ4n) is 4.66. The Morgan fingerprint density at radius 1 is 0.970 bits per heavy atom. The van der Waals surface area contributed by atoms with Gasteiger partial charge in [0, 0.05) is 33.6 Å². The largest absolute Gasteiger partial charge is 0.496 e. The Hall–Kier alpha value is -4.26. The van der Waals surface area contributed by atoms with Gasteiger partial charge in [0.25, 0.3) is 0 Å². The van der Waals surface area contributed by atoms with Gasteiger partial charge < -0.3 is 14.2 Å². The molecule has 1 N–H and O–H groups in total. The van der Waals surface area contributed by atoms with Crippen molar-refractivity contribution >= 4 is 32.8 Å². The van der Waals surface area contributed by atoms with Crippen LogP contribution in [0.2, 0.25) is 0 Å². The van der Waals surface area contributed by atoms with Gasteiger partial charge in [0.2, 0.25) is 0 Å². The van der Waals surface area contributed by atoms with Gasteiger partial charge in [-0.25, -0.2) is 9.97 Å². The number of ether oxygens (including phenoxy) is 1. The highest BCUT2D eigenvalue weighted by Crippen LogP contribution is 2.41. The minimum Gasteiger partial charge on any atom is -0.496 e. The van der Waals surface area contributed by atoms with Crippen LogP contribution in [-0.2, 0) is 0 Å². The van der Waals surface area contributed by atoms with Gasteiger partial charge in [-0.05, 0) is 39.0 Å². The summed E-state index contributed by atoms with van der Waals surface area (Å²) in [7, 11) is 1.67. The van der Waals surface area contributed by atoms with E-state index in [1.165, 1.54) is 0 Å². The summed E-state index contributed by atoms with van der Waals surface area (Å²) < 4.78 is 11.2. The minimum absolute atomic E-state index is 0.690. The van der Waals surface area contributed by atoms with Crippen LogP contribution in [0.3, 0.4) is 0 Å². The third kappa shape index (κ3) is 2.89. The van der Waals surface area contributed by atoms with E-state index in [4.69, 9.17) is 19.2 Å². The van der Waals surface area contributed by atoms with Gasteiger partial charge in [-0.3, -0.25) is 4.98 Å². The lowest BCUT2D eigenvalue weighted by molar-refractivity contribution is 0.393. The second-order valence-corrected chi connectivity index (χ2v) is 8.15. The lowest BCUT2D eigenvalue weighted by Gasteiger charge is -2.10. The van der Waals surface area contributed by atoms with E-state index in [1.807, 2.05) is 45.2 Å². The molecular weight excluding hydrogens is 414 g/mol. The van der Waals surface area contributed by atoms with Crippen LogP contribution in [0, 0.1) is 20.8 Å². The highest BCUT2D eigenvalue weighted by Gasteiger charge is 2.21. The molecule has 162 valence electrons. The van der Waals surface area contributed by atoms with Gasteiger partial charge in [0.05, 0.1) is 35.0 Å². The Labute approximate surface area is 189 Å². The van der Waals surface area contributed by atoms with E-state index in [9.17, 15) is 0 Å². The molecule has 7 heteroatoms. The second kappa shape index (κ2) is 7.13. The summed E-state index contributed by atoms with van der Waals surface area (Å²) in [6.07, 6.45) is 1.81. The SMILES string of the molecule is COc1cc2c(cc1-c1c(C)noc1C)[nH]c1nc(C)nc(-c3cccc4cccnc34)c12. The Morgan fingerprint density at radius 3 is 2.61 bits per heavy atom. The monoisotopic (exact) mass is 435 g/mol.